The number of rotatable bonds is 18. The molecule has 3 unspecified atom stereocenters. The predicted molar refractivity (Wildman–Crippen MR) is 180 cm³/mol. The van der Waals surface area contributed by atoms with Crippen molar-refractivity contribution in [3.05, 3.63) is 0 Å². The van der Waals surface area contributed by atoms with Gasteiger partial charge < -0.3 is 21.5 Å². The third-order valence-corrected chi connectivity index (χ3v) is 13.7. The van der Waals surface area contributed by atoms with Gasteiger partial charge in [0, 0.05) is 6.04 Å². The van der Waals surface area contributed by atoms with Gasteiger partial charge in [0.25, 0.3) is 0 Å². The fraction of sp³-hybridized carbons (Fsp3) is 1.00. The highest BCUT2D eigenvalue weighted by molar-refractivity contribution is 5.11. The molecule has 0 aliphatic heterocycles. The number of hydrogen-bond donors (Lipinski definition) is 4. The molecule has 0 spiro atoms. The highest BCUT2D eigenvalue weighted by Crippen LogP contribution is 2.68. The maximum absolute atomic E-state index is 11.7. The highest BCUT2D eigenvalue weighted by Gasteiger charge is 2.62. The number of aliphatic hydroxyl groups is 1. The zero-order valence-electron chi connectivity index (χ0n) is 28.8. The third-order valence-electron chi connectivity index (χ3n) is 13.7. The van der Waals surface area contributed by atoms with Crippen molar-refractivity contribution in [1.82, 2.24) is 10.6 Å². The molecule has 0 radical (unpaired) electrons. The number of unbranched alkanes of at least 4 members (excludes halogenated alkanes) is 5. The van der Waals surface area contributed by atoms with Gasteiger partial charge in [-0.2, -0.15) is 0 Å². The summed E-state index contributed by atoms with van der Waals surface area (Å²) < 4.78 is 0. The van der Waals surface area contributed by atoms with E-state index in [1.165, 1.54) is 109 Å². The van der Waals surface area contributed by atoms with E-state index in [-0.39, 0.29) is 6.10 Å². The molecule has 4 heteroatoms. The Hall–Kier alpha value is -0.160. The van der Waals surface area contributed by atoms with Crippen LogP contribution in [0.3, 0.4) is 0 Å². The Labute approximate surface area is 261 Å². The Morgan fingerprint density at radius 1 is 0.714 bits per heavy atom. The fourth-order valence-electron chi connectivity index (χ4n) is 11.3. The topological polar surface area (TPSA) is 70.3 Å². The van der Waals surface area contributed by atoms with Gasteiger partial charge in [0.05, 0.1) is 6.10 Å². The zero-order chi connectivity index (χ0) is 30.2. The molecular weight excluding hydrogens is 514 g/mol. The number of aliphatic hydroxyl groups excluding tert-OH is 1. The predicted octanol–water partition coefficient (Wildman–Crippen LogP) is 8.32. The Balaban J connectivity index is 1.19. The smallest absolute Gasteiger partial charge is 0.0577 e. The van der Waals surface area contributed by atoms with E-state index >= 15 is 0 Å². The minimum Gasteiger partial charge on any atom is -0.393 e. The van der Waals surface area contributed by atoms with Crippen molar-refractivity contribution in [3.63, 3.8) is 0 Å². The molecule has 42 heavy (non-hydrogen) atoms. The molecule has 4 fully saturated rings. The SMILES string of the molecule is CC(C)CCC[C@@H](C)[C@H]1CCC2C3C[C@@H](O)[C@H]4C[C@@H](NCCCNCCCCCCCCN)CC[C@]4(C)C3CC[C@@]21C. The van der Waals surface area contributed by atoms with Gasteiger partial charge in [-0.15, -0.1) is 0 Å². The van der Waals surface area contributed by atoms with Crippen LogP contribution in [0.25, 0.3) is 0 Å². The van der Waals surface area contributed by atoms with Gasteiger partial charge in [-0.25, -0.2) is 0 Å². The van der Waals surface area contributed by atoms with Crippen molar-refractivity contribution in [2.75, 3.05) is 26.2 Å². The lowest BCUT2D eigenvalue weighted by Gasteiger charge is -2.62. The Morgan fingerprint density at radius 2 is 1.40 bits per heavy atom. The van der Waals surface area contributed by atoms with E-state index in [2.05, 4.69) is 45.3 Å². The van der Waals surface area contributed by atoms with Crippen LogP contribution in [0.1, 0.15) is 150 Å². The minimum atomic E-state index is -0.0947. The standard InChI is InChI=1S/C38H73N3O/c1-28(2)14-12-15-29(3)32-16-17-33-31-27-36(42)35-26-30(18-20-38(35,5)34(31)19-21-37(32,33)4)41-25-13-24-40-23-11-9-7-6-8-10-22-39/h28-36,40-42H,6-27,39H2,1-5H3/t29-,30+,31?,32-,33?,34?,35-,36-,37-,38-/m1/s1. The van der Waals surface area contributed by atoms with Gasteiger partial charge in [0.2, 0.25) is 0 Å². The molecule has 4 nitrogen and oxygen atoms in total. The number of hydrogen-bond acceptors (Lipinski definition) is 4. The molecule has 0 aromatic rings. The lowest BCUT2D eigenvalue weighted by Crippen LogP contribution is -2.59. The second kappa shape index (κ2) is 16.4. The van der Waals surface area contributed by atoms with Crippen LogP contribution in [0.15, 0.2) is 0 Å². The van der Waals surface area contributed by atoms with Gasteiger partial charge >= 0.3 is 0 Å². The summed E-state index contributed by atoms with van der Waals surface area (Å²) >= 11 is 0. The van der Waals surface area contributed by atoms with Crippen LogP contribution in [0.4, 0.5) is 0 Å². The van der Waals surface area contributed by atoms with Crippen LogP contribution in [-0.4, -0.2) is 43.4 Å². The minimum absolute atomic E-state index is 0.0947. The summed E-state index contributed by atoms with van der Waals surface area (Å²) in [5.74, 6) is 5.53. The van der Waals surface area contributed by atoms with Gasteiger partial charge in [-0.1, -0.05) is 79.6 Å². The average Bonchev–Trinajstić information content (AvgIpc) is 3.31. The second-order valence-corrected chi connectivity index (χ2v) is 16.8. The molecule has 4 aliphatic rings. The van der Waals surface area contributed by atoms with E-state index in [9.17, 15) is 5.11 Å². The van der Waals surface area contributed by atoms with E-state index in [0.717, 1.165) is 68.1 Å². The molecule has 10 atom stereocenters. The van der Waals surface area contributed by atoms with Gasteiger partial charge in [0.15, 0.2) is 0 Å². The number of nitrogens with one attached hydrogen (secondary N) is 2. The zero-order valence-corrected chi connectivity index (χ0v) is 28.8. The van der Waals surface area contributed by atoms with Crippen LogP contribution in [-0.2, 0) is 0 Å². The first-order valence-corrected chi connectivity index (χ1v) is 19.0. The van der Waals surface area contributed by atoms with Crippen molar-refractivity contribution in [3.8, 4) is 0 Å². The van der Waals surface area contributed by atoms with Crippen LogP contribution in [0.5, 0.6) is 0 Å². The highest BCUT2D eigenvalue weighted by atomic mass is 16.3. The van der Waals surface area contributed by atoms with Crippen molar-refractivity contribution in [2.45, 2.75) is 162 Å². The molecular formula is C38H73N3O. The van der Waals surface area contributed by atoms with Crippen LogP contribution >= 0.6 is 0 Å². The first kappa shape index (κ1) is 34.7. The normalized spacial score (nSPS) is 38.7. The lowest BCUT2D eigenvalue weighted by molar-refractivity contribution is -0.162. The molecule has 4 rings (SSSR count). The van der Waals surface area contributed by atoms with E-state index < -0.39 is 0 Å². The molecule has 0 amide bonds. The summed E-state index contributed by atoms with van der Waals surface area (Å²) in [4.78, 5) is 0. The molecule has 0 heterocycles. The van der Waals surface area contributed by atoms with Crippen molar-refractivity contribution in [2.24, 2.45) is 58.0 Å². The molecule has 0 saturated heterocycles. The van der Waals surface area contributed by atoms with Gasteiger partial charge in [-0.05, 0) is 149 Å². The monoisotopic (exact) mass is 588 g/mol. The number of nitrogens with two attached hydrogens (primary N) is 1. The summed E-state index contributed by atoms with van der Waals surface area (Å²) in [6.45, 7) is 16.9. The summed E-state index contributed by atoms with van der Waals surface area (Å²) in [5.41, 5.74) is 6.44. The maximum atomic E-state index is 11.7. The van der Waals surface area contributed by atoms with E-state index in [1.807, 2.05) is 0 Å². The number of fused-ring (bicyclic) bond motifs is 5. The molecule has 4 aliphatic carbocycles. The Bertz CT molecular complexity index is 773. The quantitative estimate of drug-likeness (QED) is 0.122. The average molecular weight is 588 g/mol. The second-order valence-electron chi connectivity index (χ2n) is 16.8. The first-order chi connectivity index (χ1) is 20.2. The Kier molecular flexibility index (Phi) is 13.6. The van der Waals surface area contributed by atoms with Crippen LogP contribution in [0, 0.1) is 52.3 Å². The van der Waals surface area contributed by atoms with Crippen molar-refractivity contribution in [1.29, 1.82) is 0 Å². The van der Waals surface area contributed by atoms with Gasteiger partial charge in [0.1, 0.15) is 0 Å². The third kappa shape index (κ3) is 8.35. The Morgan fingerprint density at radius 3 is 2.17 bits per heavy atom. The molecule has 0 aromatic carbocycles. The van der Waals surface area contributed by atoms with E-state index in [1.54, 1.807) is 0 Å². The first-order valence-electron chi connectivity index (χ1n) is 19.0. The summed E-state index contributed by atoms with van der Waals surface area (Å²) in [5, 5.41) is 19.3. The van der Waals surface area contributed by atoms with Crippen molar-refractivity contribution >= 4 is 0 Å². The summed E-state index contributed by atoms with van der Waals surface area (Å²) in [7, 11) is 0. The van der Waals surface area contributed by atoms with E-state index in [0.29, 0.717) is 22.8 Å². The lowest BCUT2D eigenvalue weighted by atomic mass is 9.43. The van der Waals surface area contributed by atoms with Crippen molar-refractivity contribution < 1.29 is 5.11 Å². The molecule has 0 bridgehead atoms. The van der Waals surface area contributed by atoms with Gasteiger partial charge in [-0.3, -0.25) is 0 Å². The molecule has 246 valence electrons. The van der Waals surface area contributed by atoms with Crippen LogP contribution in [0.2, 0.25) is 0 Å². The summed E-state index contributed by atoms with van der Waals surface area (Å²) in [6, 6.07) is 0.596. The van der Waals surface area contributed by atoms with E-state index in [4.69, 9.17) is 5.73 Å². The maximum Gasteiger partial charge on any atom is 0.0577 e. The van der Waals surface area contributed by atoms with Crippen LogP contribution < -0.4 is 16.4 Å². The largest absolute Gasteiger partial charge is 0.393 e. The molecule has 5 N–H and O–H groups in total. The fourth-order valence-corrected chi connectivity index (χ4v) is 11.3. The molecule has 4 saturated carbocycles. The summed E-state index contributed by atoms with van der Waals surface area (Å²) in [6.07, 6.45) is 23.8. The molecule has 0 aromatic heterocycles.